The molecule has 0 fully saturated rings. The third kappa shape index (κ3) is 4.90. The van der Waals surface area contributed by atoms with Crippen molar-refractivity contribution in [3.8, 4) is 11.5 Å². The Hall–Kier alpha value is -3.92. The van der Waals surface area contributed by atoms with Gasteiger partial charge in [-0.05, 0) is 67.1 Å². The van der Waals surface area contributed by atoms with Crippen molar-refractivity contribution in [1.29, 1.82) is 0 Å². The zero-order valence-corrected chi connectivity index (χ0v) is 19.6. The van der Waals surface area contributed by atoms with Crippen LogP contribution in [0.1, 0.15) is 18.1 Å². The molecule has 3 aromatic carbocycles. The van der Waals surface area contributed by atoms with Crippen LogP contribution in [0.5, 0.6) is 11.5 Å². The lowest BCUT2D eigenvalue weighted by Crippen LogP contribution is -2.28. The Morgan fingerprint density at radius 1 is 1.14 bits per heavy atom. The van der Waals surface area contributed by atoms with E-state index in [2.05, 4.69) is 20.6 Å². The smallest absolute Gasteiger partial charge is 0.416 e. The van der Waals surface area contributed by atoms with Gasteiger partial charge < -0.3 is 25.1 Å². The van der Waals surface area contributed by atoms with Gasteiger partial charge in [0.1, 0.15) is 23.1 Å². The molecule has 5 rings (SSSR count). The summed E-state index contributed by atoms with van der Waals surface area (Å²) in [4.78, 5) is 19.1. The predicted molar refractivity (Wildman–Crippen MR) is 130 cm³/mol. The highest BCUT2D eigenvalue weighted by molar-refractivity contribution is 6.35. The quantitative estimate of drug-likeness (QED) is 0.248. The van der Waals surface area contributed by atoms with Crippen LogP contribution < -0.4 is 15.4 Å². The van der Waals surface area contributed by atoms with Crippen molar-refractivity contribution in [3.63, 3.8) is 0 Å². The van der Waals surface area contributed by atoms with Crippen LogP contribution in [0.15, 0.2) is 54.6 Å². The number of benzene rings is 3. The molecule has 36 heavy (non-hydrogen) atoms. The highest BCUT2D eigenvalue weighted by Crippen LogP contribution is 2.36. The molecule has 0 radical (unpaired) electrons. The first-order valence-corrected chi connectivity index (χ1v) is 11.4. The highest BCUT2D eigenvalue weighted by atomic mass is 35.5. The van der Waals surface area contributed by atoms with E-state index in [0.717, 1.165) is 23.4 Å². The largest absolute Gasteiger partial charge is 0.464 e. The maximum atomic E-state index is 13.0. The van der Waals surface area contributed by atoms with Gasteiger partial charge in [-0.15, -0.1) is 0 Å². The Labute approximate surface area is 208 Å². The van der Waals surface area contributed by atoms with Crippen molar-refractivity contribution in [2.45, 2.75) is 25.6 Å². The molecule has 1 atom stereocenters. The summed E-state index contributed by atoms with van der Waals surface area (Å²) in [6, 6.07) is 13.9. The van der Waals surface area contributed by atoms with Crippen LogP contribution in [0.25, 0.3) is 11.0 Å². The zero-order chi connectivity index (χ0) is 25.4. The predicted octanol–water partition coefficient (Wildman–Crippen LogP) is 6.67. The molecule has 0 spiro atoms. The van der Waals surface area contributed by atoms with E-state index < -0.39 is 17.8 Å². The number of aromatic amines is 1. The van der Waals surface area contributed by atoms with E-state index in [9.17, 15) is 18.0 Å². The normalized spacial score (nSPS) is 14.9. The summed E-state index contributed by atoms with van der Waals surface area (Å²) in [5.41, 5.74) is 2.03. The molecular weight excluding hydrogens is 497 g/mol. The summed E-state index contributed by atoms with van der Waals surface area (Å²) in [6.07, 6.45) is -4.00. The van der Waals surface area contributed by atoms with Crippen molar-refractivity contribution in [2.75, 3.05) is 17.2 Å². The number of imidazole rings is 1. The van der Waals surface area contributed by atoms with E-state index in [1.165, 1.54) is 0 Å². The Balaban J connectivity index is 1.26. The minimum absolute atomic E-state index is 0.0917. The van der Waals surface area contributed by atoms with Crippen LogP contribution in [-0.4, -0.2) is 28.6 Å². The summed E-state index contributed by atoms with van der Waals surface area (Å²) >= 11 is 6.00. The molecular formula is C25H20ClF3N4O3. The SMILES string of the molecule is CCOC(=O)C1Cc2cc(Oc3ccc(Nc4nc5c(Cl)cc(C(F)(F)F)cc5[nH]4)cc3)ccc2N1. The maximum absolute atomic E-state index is 13.0. The Kier molecular flexibility index (Phi) is 6.13. The molecule has 1 aliphatic rings. The van der Waals surface area contributed by atoms with Gasteiger partial charge in [0.15, 0.2) is 0 Å². The molecule has 1 aliphatic heterocycles. The van der Waals surface area contributed by atoms with Crippen molar-refractivity contribution >= 4 is 45.9 Å². The number of ether oxygens (including phenoxy) is 2. The number of carbonyl (C=O) groups is 1. The average Bonchev–Trinajstić information content (AvgIpc) is 3.44. The Morgan fingerprint density at radius 2 is 1.89 bits per heavy atom. The lowest BCUT2D eigenvalue weighted by molar-refractivity contribution is -0.143. The van der Waals surface area contributed by atoms with Crippen LogP contribution in [0.2, 0.25) is 5.02 Å². The number of hydrogen-bond donors (Lipinski definition) is 3. The second-order valence-electron chi connectivity index (χ2n) is 8.16. The monoisotopic (exact) mass is 516 g/mol. The standard InChI is InChI=1S/C25H20ClF3N4O3/c1-2-35-23(34)21-10-13-9-17(7-8-19(13)31-21)36-16-5-3-15(4-6-16)30-24-32-20-12-14(25(27,28)29)11-18(26)22(20)33-24/h3-9,11-12,21,31H,2,10H2,1H3,(H2,30,32,33). The topological polar surface area (TPSA) is 88.3 Å². The molecule has 0 amide bonds. The van der Waals surface area contributed by atoms with E-state index in [0.29, 0.717) is 30.2 Å². The summed E-state index contributed by atoms with van der Waals surface area (Å²) < 4.78 is 50.2. The molecule has 2 heterocycles. The number of rotatable bonds is 6. The Bertz CT molecular complexity index is 1440. The van der Waals surface area contributed by atoms with E-state index in [-0.39, 0.29) is 28.0 Å². The van der Waals surface area contributed by atoms with Crippen LogP contribution in [0.3, 0.4) is 0 Å². The van der Waals surface area contributed by atoms with Gasteiger partial charge in [-0.2, -0.15) is 13.2 Å². The molecule has 7 nitrogen and oxygen atoms in total. The second kappa shape index (κ2) is 9.27. The second-order valence-corrected chi connectivity index (χ2v) is 8.57. The maximum Gasteiger partial charge on any atom is 0.416 e. The van der Waals surface area contributed by atoms with Gasteiger partial charge in [0, 0.05) is 17.8 Å². The van der Waals surface area contributed by atoms with Crippen molar-refractivity contribution in [3.05, 3.63) is 70.7 Å². The molecule has 3 N–H and O–H groups in total. The van der Waals surface area contributed by atoms with Gasteiger partial charge in [-0.1, -0.05) is 11.6 Å². The number of alkyl halides is 3. The number of esters is 1. The number of H-pyrrole nitrogens is 1. The summed E-state index contributed by atoms with van der Waals surface area (Å²) in [6.45, 7) is 2.10. The lowest BCUT2D eigenvalue weighted by atomic mass is 10.1. The van der Waals surface area contributed by atoms with Gasteiger partial charge in [-0.3, -0.25) is 0 Å². The van der Waals surface area contributed by atoms with E-state index in [1.54, 1.807) is 37.3 Å². The number of fused-ring (bicyclic) bond motifs is 2. The minimum atomic E-state index is -4.51. The third-order valence-corrected chi connectivity index (χ3v) is 5.91. The van der Waals surface area contributed by atoms with Crippen molar-refractivity contribution in [1.82, 2.24) is 9.97 Å². The fourth-order valence-electron chi connectivity index (χ4n) is 3.96. The zero-order valence-electron chi connectivity index (χ0n) is 18.9. The Morgan fingerprint density at radius 3 is 2.61 bits per heavy atom. The first-order valence-electron chi connectivity index (χ1n) is 11.1. The van der Waals surface area contributed by atoms with Crippen LogP contribution in [0.4, 0.5) is 30.5 Å². The number of nitrogens with one attached hydrogen (secondary N) is 3. The van der Waals surface area contributed by atoms with Gasteiger partial charge in [0.05, 0.1) is 22.7 Å². The van der Waals surface area contributed by atoms with Gasteiger partial charge in [-0.25, -0.2) is 9.78 Å². The number of carbonyl (C=O) groups excluding carboxylic acids is 1. The minimum Gasteiger partial charge on any atom is -0.464 e. The molecule has 186 valence electrons. The van der Waals surface area contributed by atoms with Crippen LogP contribution >= 0.6 is 11.6 Å². The molecule has 4 aromatic rings. The fourth-order valence-corrected chi connectivity index (χ4v) is 4.23. The summed E-state index contributed by atoms with van der Waals surface area (Å²) in [7, 11) is 0. The van der Waals surface area contributed by atoms with E-state index >= 15 is 0 Å². The number of anilines is 3. The average molecular weight is 517 g/mol. The number of halogens is 4. The summed E-state index contributed by atoms with van der Waals surface area (Å²) in [5, 5.41) is 6.08. The van der Waals surface area contributed by atoms with E-state index in [4.69, 9.17) is 21.1 Å². The first-order chi connectivity index (χ1) is 17.2. The van der Waals surface area contributed by atoms with Crippen molar-refractivity contribution < 1.29 is 27.4 Å². The number of nitrogens with zero attached hydrogens (tertiary/aromatic N) is 1. The fraction of sp³-hybridized carbons (Fsp3) is 0.200. The van der Waals surface area contributed by atoms with Gasteiger partial charge in [0.25, 0.3) is 0 Å². The third-order valence-electron chi connectivity index (χ3n) is 5.62. The first kappa shape index (κ1) is 23.8. The molecule has 0 saturated heterocycles. The van der Waals surface area contributed by atoms with Gasteiger partial charge in [0.2, 0.25) is 5.95 Å². The van der Waals surface area contributed by atoms with Gasteiger partial charge >= 0.3 is 12.1 Å². The molecule has 0 saturated carbocycles. The molecule has 1 aromatic heterocycles. The number of aromatic nitrogens is 2. The molecule has 0 aliphatic carbocycles. The van der Waals surface area contributed by atoms with E-state index in [1.807, 2.05) is 12.1 Å². The molecule has 1 unspecified atom stereocenters. The molecule has 0 bridgehead atoms. The highest BCUT2D eigenvalue weighted by Gasteiger charge is 2.32. The van der Waals surface area contributed by atoms with Crippen molar-refractivity contribution in [2.24, 2.45) is 0 Å². The molecule has 11 heteroatoms. The summed E-state index contributed by atoms with van der Waals surface area (Å²) in [5.74, 6) is 1.16. The lowest BCUT2D eigenvalue weighted by Gasteiger charge is -2.09. The van der Waals surface area contributed by atoms with Crippen LogP contribution in [0, 0.1) is 0 Å². The number of hydrogen-bond acceptors (Lipinski definition) is 6. The van der Waals surface area contributed by atoms with Crippen LogP contribution in [-0.2, 0) is 22.1 Å².